The summed E-state index contributed by atoms with van der Waals surface area (Å²) in [5, 5.41) is 0. The minimum Gasteiger partial charge on any atom is -0.498 e. The largest absolute Gasteiger partial charge is 0.498 e. The van der Waals surface area contributed by atoms with Crippen LogP contribution in [-0.4, -0.2) is 24.1 Å². The number of hydrogen-bond acceptors (Lipinski definition) is 2. The Morgan fingerprint density at radius 3 is 3.29 bits per heavy atom. The van der Waals surface area contributed by atoms with Gasteiger partial charge in [-0.05, 0) is 25.2 Å². The van der Waals surface area contributed by atoms with E-state index in [2.05, 4.69) is 23.3 Å². The van der Waals surface area contributed by atoms with Crippen LogP contribution in [0.2, 0.25) is 0 Å². The molecule has 1 saturated heterocycles. The van der Waals surface area contributed by atoms with Gasteiger partial charge >= 0.3 is 0 Å². The van der Waals surface area contributed by atoms with Crippen LogP contribution in [-0.2, 0) is 4.74 Å². The van der Waals surface area contributed by atoms with E-state index in [1.54, 1.807) is 0 Å². The Morgan fingerprint density at radius 1 is 1.29 bits per heavy atom. The summed E-state index contributed by atoms with van der Waals surface area (Å²) in [5.74, 6) is 1.65. The maximum absolute atomic E-state index is 5.43. The van der Waals surface area contributed by atoms with Gasteiger partial charge in [-0.15, -0.1) is 0 Å². The van der Waals surface area contributed by atoms with Gasteiger partial charge in [-0.3, -0.25) is 0 Å². The molecule has 0 spiro atoms. The van der Waals surface area contributed by atoms with Crippen LogP contribution in [0.1, 0.15) is 19.3 Å². The van der Waals surface area contributed by atoms with Gasteiger partial charge < -0.3 is 9.64 Å². The highest BCUT2D eigenvalue weighted by Gasteiger charge is 2.37. The Kier molecular flexibility index (Phi) is 2.00. The van der Waals surface area contributed by atoms with Gasteiger partial charge in [-0.25, -0.2) is 0 Å². The molecule has 0 saturated carbocycles. The molecular formula is C12H17NO. The van der Waals surface area contributed by atoms with E-state index in [0.29, 0.717) is 6.04 Å². The molecule has 3 aliphatic rings. The fraction of sp³-hybridized carbons (Fsp3) is 0.667. The van der Waals surface area contributed by atoms with Crippen LogP contribution in [0.25, 0.3) is 0 Å². The van der Waals surface area contributed by atoms with Crippen molar-refractivity contribution in [1.82, 2.24) is 4.90 Å². The van der Waals surface area contributed by atoms with Crippen molar-refractivity contribution in [3.05, 3.63) is 24.6 Å². The van der Waals surface area contributed by atoms with Gasteiger partial charge in [0.2, 0.25) is 0 Å². The highest BCUT2D eigenvalue weighted by Crippen LogP contribution is 2.37. The number of fused-ring (bicyclic) bond motifs is 3. The van der Waals surface area contributed by atoms with E-state index in [9.17, 15) is 0 Å². The molecule has 0 aromatic rings. The fourth-order valence-corrected chi connectivity index (χ4v) is 3.06. The molecule has 0 bridgehead atoms. The minimum atomic E-state index is 0.607. The van der Waals surface area contributed by atoms with Gasteiger partial charge in [0.15, 0.2) is 0 Å². The molecule has 2 nitrogen and oxygen atoms in total. The highest BCUT2D eigenvalue weighted by molar-refractivity contribution is 5.07. The zero-order valence-electron chi connectivity index (χ0n) is 8.43. The summed E-state index contributed by atoms with van der Waals surface area (Å²) in [7, 11) is 0. The molecule has 3 rings (SSSR count). The molecule has 2 aliphatic heterocycles. The van der Waals surface area contributed by atoms with Crippen LogP contribution >= 0.6 is 0 Å². The Balaban J connectivity index is 1.85. The molecule has 3 atom stereocenters. The smallest absolute Gasteiger partial charge is 0.108 e. The van der Waals surface area contributed by atoms with Crippen LogP contribution in [0.3, 0.4) is 0 Å². The number of piperidine rings is 1. The van der Waals surface area contributed by atoms with Gasteiger partial charge in [0.05, 0.1) is 12.3 Å². The van der Waals surface area contributed by atoms with E-state index < -0.39 is 0 Å². The lowest BCUT2D eigenvalue weighted by atomic mass is 9.74. The van der Waals surface area contributed by atoms with Gasteiger partial charge in [0.1, 0.15) is 6.61 Å². The Hall–Kier alpha value is -0.920. The molecule has 1 fully saturated rings. The van der Waals surface area contributed by atoms with Crippen molar-refractivity contribution in [3.8, 4) is 0 Å². The van der Waals surface area contributed by atoms with E-state index in [-0.39, 0.29) is 0 Å². The first-order valence-corrected chi connectivity index (χ1v) is 5.66. The molecule has 0 aromatic carbocycles. The SMILES string of the molecule is C1=CC2C(CC1)CCN1C=COCC21. The summed E-state index contributed by atoms with van der Waals surface area (Å²) in [6, 6.07) is 0.607. The normalized spacial score (nSPS) is 40.0. The first-order valence-electron chi connectivity index (χ1n) is 5.66. The third kappa shape index (κ3) is 1.24. The van der Waals surface area contributed by atoms with Crippen LogP contribution in [0, 0.1) is 11.8 Å². The van der Waals surface area contributed by atoms with Crippen LogP contribution in [0.15, 0.2) is 24.6 Å². The average Bonchev–Trinajstić information content (AvgIpc) is 2.29. The van der Waals surface area contributed by atoms with Crippen molar-refractivity contribution < 1.29 is 4.74 Å². The molecule has 2 heteroatoms. The third-order valence-corrected chi connectivity index (χ3v) is 3.85. The number of nitrogens with zero attached hydrogens (tertiary/aromatic N) is 1. The summed E-state index contributed by atoms with van der Waals surface area (Å²) in [6.07, 6.45) is 12.8. The Bertz CT molecular complexity index is 271. The topological polar surface area (TPSA) is 12.5 Å². The van der Waals surface area contributed by atoms with Gasteiger partial charge in [-0.1, -0.05) is 12.2 Å². The van der Waals surface area contributed by atoms with Crippen molar-refractivity contribution in [2.45, 2.75) is 25.3 Å². The third-order valence-electron chi connectivity index (χ3n) is 3.85. The molecule has 14 heavy (non-hydrogen) atoms. The van der Waals surface area contributed by atoms with E-state index in [1.807, 2.05) is 6.26 Å². The lowest BCUT2D eigenvalue weighted by Gasteiger charge is -2.46. The van der Waals surface area contributed by atoms with Crippen LogP contribution < -0.4 is 0 Å². The molecule has 0 radical (unpaired) electrons. The number of hydrogen-bond donors (Lipinski definition) is 0. The lowest BCUT2D eigenvalue weighted by Crippen LogP contribution is -2.50. The quantitative estimate of drug-likeness (QED) is 0.544. The minimum absolute atomic E-state index is 0.607. The maximum atomic E-state index is 5.43. The molecule has 0 N–H and O–H groups in total. The Morgan fingerprint density at radius 2 is 2.29 bits per heavy atom. The van der Waals surface area contributed by atoms with Gasteiger partial charge in [0.25, 0.3) is 0 Å². The summed E-state index contributed by atoms with van der Waals surface area (Å²) in [4.78, 5) is 2.46. The van der Waals surface area contributed by atoms with E-state index in [0.717, 1.165) is 18.4 Å². The number of rotatable bonds is 0. The molecule has 76 valence electrons. The zero-order valence-corrected chi connectivity index (χ0v) is 8.43. The summed E-state index contributed by atoms with van der Waals surface area (Å²) in [5.41, 5.74) is 0. The van der Waals surface area contributed by atoms with Crippen molar-refractivity contribution in [3.63, 3.8) is 0 Å². The van der Waals surface area contributed by atoms with E-state index in [1.165, 1.54) is 25.8 Å². The van der Waals surface area contributed by atoms with E-state index in [4.69, 9.17) is 4.74 Å². The molecule has 0 aromatic heterocycles. The first kappa shape index (κ1) is 8.39. The molecule has 2 heterocycles. The molecule has 3 unspecified atom stereocenters. The zero-order chi connectivity index (χ0) is 9.38. The summed E-state index contributed by atoms with van der Waals surface area (Å²) in [6.45, 7) is 2.10. The van der Waals surface area contributed by atoms with E-state index >= 15 is 0 Å². The number of ether oxygens (including phenoxy) is 1. The second kappa shape index (κ2) is 3.34. The van der Waals surface area contributed by atoms with Gasteiger partial charge in [-0.2, -0.15) is 0 Å². The van der Waals surface area contributed by atoms with Crippen molar-refractivity contribution >= 4 is 0 Å². The summed E-state index contributed by atoms with van der Waals surface area (Å²) >= 11 is 0. The molecule has 0 amide bonds. The Labute approximate surface area is 85.2 Å². The standard InChI is InChI=1S/C12H17NO/c1-2-4-11-10(3-1)5-6-13-7-8-14-9-12(11)13/h2,4,7-8,10-12H,1,3,5-6,9H2. The average molecular weight is 191 g/mol. The second-order valence-electron chi connectivity index (χ2n) is 4.56. The second-order valence-corrected chi connectivity index (χ2v) is 4.56. The fourth-order valence-electron chi connectivity index (χ4n) is 3.06. The predicted octanol–water partition coefficient (Wildman–Crippen LogP) is 2.14. The van der Waals surface area contributed by atoms with Gasteiger partial charge in [0, 0.05) is 18.7 Å². The first-order chi connectivity index (χ1) is 6.95. The highest BCUT2D eigenvalue weighted by atomic mass is 16.5. The van der Waals surface area contributed by atoms with Crippen molar-refractivity contribution in [2.75, 3.05) is 13.2 Å². The lowest BCUT2D eigenvalue weighted by molar-refractivity contribution is 0.0304. The molecular weight excluding hydrogens is 174 g/mol. The summed E-state index contributed by atoms with van der Waals surface area (Å²) < 4.78 is 5.43. The van der Waals surface area contributed by atoms with Crippen molar-refractivity contribution in [1.29, 1.82) is 0 Å². The maximum Gasteiger partial charge on any atom is 0.108 e. The predicted molar refractivity (Wildman–Crippen MR) is 55.6 cm³/mol. The monoisotopic (exact) mass is 191 g/mol. The van der Waals surface area contributed by atoms with Crippen LogP contribution in [0.5, 0.6) is 0 Å². The number of allylic oxidation sites excluding steroid dienone is 1. The van der Waals surface area contributed by atoms with Crippen LogP contribution in [0.4, 0.5) is 0 Å². The molecule has 1 aliphatic carbocycles. The van der Waals surface area contributed by atoms with Crippen molar-refractivity contribution in [2.24, 2.45) is 11.8 Å².